The van der Waals surface area contributed by atoms with Gasteiger partial charge in [-0.15, -0.1) is 5.11 Å². The summed E-state index contributed by atoms with van der Waals surface area (Å²) in [5, 5.41) is 10.4. The standard InChI is InChI=1S/C18H17N3O3S/c1-21(2)18-12-11-17(15-5-3-4-6-16(15)18)20-19-13-7-9-14(10-8-13)25(22,23)24/h3-12H,1-2H3,(H,22,23,24)/p-1. The molecule has 3 rings (SSSR count). The molecule has 0 aliphatic carbocycles. The van der Waals surface area contributed by atoms with Crippen molar-refractivity contribution >= 4 is 38.0 Å². The van der Waals surface area contributed by atoms with Crippen LogP contribution in [0.2, 0.25) is 0 Å². The molecule has 0 amide bonds. The average molecular weight is 354 g/mol. The number of azo groups is 1. The Bertz CT molecular complexity index is 1040. The molecule has 0 spiro atoms. The van der Waals surface area contributed by atoms with Gasteiger partial charge in [-0.1, -0.05) is 24.3 Å². The highest BCUT2D eigenvalue weighted by Gasteiger charge is 2.07. The predicted molar refractivity (Wildman–Crippen MR) is 96.9 cm³/mol. The maximum atomic E-state index is 10.9. The van der Waals surface area contributed by atoms with Crippen molar-refractivity contribution in [1.82, 2.24) is 0 Å². The molecule has 0 aliphatic heterocycles. The van der Waals surface area contributed by atoms with Gasteiger partial charge in [-0.05, 0) is 36.4 Å². The van der Waals surface area contributed by atoms with Gasteiger partial charge in [-0.2, -0.15) is 5.11 Å². The Kier molecular flexibility index (Phi) is 4.52. The topological polar surface area (TPSA) is 85.2 Å². The molecule has 128 valence electrons. The van der Waals surface area contributed by atoms with E-state index >= 15 is 0 Å². The Hall–Kier alpha value is -2.77. The van der Waals surface area contributed by atoms with Crippen molar-refractivity contribution in [2.24, 2.45) is 10.2 Å². The van der Waals surface area contributed by atoms with Crippen LogP contribution in [-0.4, -0.2) is 27.1 Å². The van der Waals surface area contributed by atoms with E-state index in [1.165, 1.54) is 24.3 Å². The number of rotatable bonds is 4. The van der Waals surface area contributed by atoms with Crippen LogP contribution in [0.4, 0.5) is 17.1 Å². The zero-order valence-electron chi connectivity index (χ0n) is 13.7. The molecule has 3 aromatic carbocycles. The quantitative estimate of drug-likeness (QED) is 0.518. The number of hydrogen-bond acceptors (Lipinski definition) is 6. The second kappa shape index (κ2) is 6.62. The van der Waals surface area contributed by atoms with E-state index in [1.807, 2.05) is 55.4 Å². The molecule has 0 radical (unpaired) electrons. The summed E-state index contributed by atoms with van der Waals surface area (Å²) >= 11 is 0. The summed E-state index contributed by atoms with van der Waals surface area (Å²) in [6.45, 7) is 0. The van der Waals surface area contributed by atoms with Crippen molar-refractivity contribution in [3.05, 3.63) is 60.7 Å². The van der Waals surface area contributed by atoms with Crippen LogP contribution in [0.15, 0.2) is 75.8 Å². The molecule has 0 saturated heterocycles. The number of nitrogens with zero attached hydrogens (tertiary/aromatic N) is 3. The van der Waals surface area contributed by atoms with Gasteiger partial charge in [0.1, 0.15) is 10.1 Å². The Labute approximate surface area is 146 Å². The summed E-state index contributed by atoms with van der Waals surface area (Å²) in [6.07, 6.45) is 0. The summed E-state index contributed by atoms with van der Waals surface area (Å²) < 4.78 is 32.8. The van der Waals surface area contributed by atoms with Gasteiger partial charge >= 0.3 is 0 Å². The van der Waals surface area contributed by atoms with Gasteiger partial charge in [-0.3, -0.25) is 0 Å². The Balaban J connectivity index is 1.98. The molecule has 25 heavy (non-hydrogen) atoms. The van der Waals surface area contributed by atoms with Crippen molar-refractivity contribution in [3.8, 4) is 0 Å². The van der Waals surface area contributed by atoms with E-state index < -0.39 is 10.1 Å². The Morgan fingerprint density at radius 1 is 0.840 bits per heavy atom. The van der Waals surface area contributed by atoms with Gasteiger partial charge in [0.05, 0.1) is 16.3 Å². The zero-order chi connectivity index (χ0) is 18.0. The molecule has 0 fully saturated rings. The van der Waals surface area contributed by atoms with Crippen LogP contribution >= 0.6 is 0 Å². The maximum Gasteiger partial charge on any atom is 0.124 e. The highest BCUT2D eigenvalue weighted by Crippen LogP contribution is 2.33. The molecule has 0 N–H and O–H groups in total. The van der Waals surface area contributed by atoms with Crippen molar-refractivity contribution in [3.63, 3.8) is 0 Å². The summed E-state index contributed by atoms with van der Waals surface area (Å²) in [5.74, 6) is 0. The lowest BCUT2D eigenvalue weighted by Crippen LogP contribution is -2.08. The first-order chi connectivity index (χ1) is 11.9. The number of benzene rings is 3. The summed E-state index contributed by atoms with van der Waals surface area (Å²) in [4.78, 5) is 1.75. The first-order valence-electron chi connectivity index (χ1n) is 7.53. The van der Waals surface area contributed by atoms with Crippen LogP contribution < -0.4 is 4.90 Å². The molecule has 0 bridgehead atoms. The molecule has 7 heteroatoms. The maximum absolute atomic E-state index is 10.9. The first kappa shape index (κ1) is 17.1. The lowest BCUT2D eigenvalue weighted by atomic mass is 10.1. The fourth-order valence-corrected chi connectivity index (χ4v) is 3.00. The highest BCUT2D eigenvalue weighted by molar-refractivity contribution is 7.85. The number of anilines is 1. The van der Waals surface area contributed by atoms with Crippen LogP contribution in [0, 0.1) is 0 Å². The fraction of sp³-hybridized carbons (Fsp3) is 0.111. The molecule has 0 atom stereocenters. The normalized spacial score (nSPS) is 12.0. The SMILES string of the molecule is CN(C)c1ccc(N=Nc2ccc(S(=O)(=O)[O-])cc2)c2ccccc12. The number of fused-ring (bicyclic) bond motifs is 1. The second-order valence-corrected chi connectivity index (χ2v) is 7.07. The van der Waals surface area contributed by atoms with E-state index in [0.29, 0.717) is 11.4 Å². The molecule has 0 saturated carbocycles. The van der Waals surface area contributed by atoms with Crippen LogP contribution in [0.25, 0.3) is 10.8 Å². The molecule has 0 heterocycles. The second-order valence-electron chi connectivity index (χ2n) is 5.69. The first-order valence-corrected chi connectivity index (χ1v) is 8.94. The van der Waals surface area contributed by atoms with Gasteiger partial charge < -0.3 is 9.45 Å². The fourth-order valence-electron chi connectivity index (χ4n) is 2.54. The van der Waals surface area contributed by atoms with E-state index in [-0.39, 0.29) is 4.90 Å². The van der Waals surface area contributed by atoms with Gasteiger partial charge in [0, 0.05) is 30.6 Å². The highest BCUT2D eigenvalue weighted by atomic mass is 32.2. The lowest BCUT2D eigenvalue weighted by Gasteiger charge is -2.16. The molecule has 3 aromatic rings. The van der Waals surface area contributed by atoms with Gasteiger partial charge in [-0.25, -0.2) is 8.42 Å². The van der Waals surface area contributed by atoms with Crippen molar-refractivity contribution in [1.29, 1.82) is 0 Å². The molecule has 0 aromatic heterocycles. The minimum atomic E-state index is -4.46. The van der Waals surface area contributed by atoms with Gasteiger partial charge in [0.2, 0.25) is 0 Å². The van der Waals surface area contributed by atoms with Gasteiger partial charge in [0.15, 0.2) is 0 Å². The van der Waals surface area contributed by atoms with E-state index in [2.05, 4.69) is 10.2 Å². The monoisotopic (exact) mass is 354 g/mol. The van der Waals surface area contributed by atoms with Crippen LogP contribution in [0.3, 0.4) is 0 Å². The van der Waals surface area contributed by atoms with Crippen LogP contribution in [0.5, 0.6) is 0 Å². The zero-order valence-corrected chi connectivity index (χ0v) is 14.6. The molecular formula is C18H16N3O3S-. The lowest BCUT2D eigenvalue weighted by molar-refractivity contribution is 0.463. The van der Waals surface area contributed by atoms with Crippen molar-refractivity contribution in [2.75, 3.05) is 19.0 Å². The molecule has 0 unspecified atom stereocenters. The third-order valence-corrected chi connectivity index (χ3v) is 4.61. The third kappa shape index (κ3) is 3.67. The minimum absolute atomic E-state index is 0.285. The van der Waals surface area contributed by atoms with Gasteiger partial charge in [0.25, 0.3) is 0 Å². The molecular weight excluding hydrogens is 338 g/mol. The molecule has 0 aliphatic rings. The van der Waals surface area contributed by atoms with E-state index in [1.54, 1.807) is 0 Å². The van der Waals surface area contributed by atoms with Crippen LogP contribution in [0.1, 0.15) is 0 Å². The Morgan fingerprint density at radius 3 is 2.08 bits per heavy atom. The van der Waals surface area contributed by atoms with Crippen LogP contribution in [-0.2, 0) is 10.1 Å². The van der Waals surface area contributed by atoms with Crippen molar-refractivity contribution < 1.29 is 13.0 Å². The van der Waals surface area contributed by atoms with Crippen molar-refractivity contribution in [2.45, 2.75) is 4.90 Å². The predicted octanol–water partition coefficient (Wildman–Crippen LogP) is 4.23. The van der Waals surface area contributed by atoms with E-state index in [0.717, 1.165) is 16.5 Å². The Morgan fingerprint density at radius 2 is 1.48 bits per heavy atom. The largest absolute Gasteiger partial charge is 0.744 e. The summed E-state index contributed by atoms with van der Waals surface area (Å²) in [7, 11) is -0.494. The average Bonchev–Trinajstić information content (AvgIpc) is 2.59. The van der Waals surface area contributed by atoms with E-state index in [4.69, 9.17) is 0 Å². The summed E-state index contributed by atoms with van der Waals surface area (Å²) in [5.41, 5.74) is 2.26. The smallest absolute Gasteiger partial charge is 0.124 e. The third-order valence-electron chi connectivity index (χ3n) is 3.76. The number of hydrogen-bond donors (Lipinski definition) is 0. The minimum Gasteiger partial charge on any atom is -0.744 e. The van der Waals surface area contributed by atoms with E-state index in [9.17, 15) is 13.0 Å². The molecule has 6 nitrogen and oxygen atoms in total. The summed E-state index contributed by atoms with van der Waals surface area (Å²) in [6, 6.07) is 17.1.